The normalized spacial score (nSPS) is 13.1. The van der Waals surface area contributed by atoms with Crippen LogP contribution in [0.3, 0.4) is 0 Å². The summed E-state index contributed by atoms with van der Waals surface area (Å²) in [4.78, 5) is 6.82. The minimum absolute atomic E-state index is 0.343. The number of hydrogen-bond acceptors (Lipinski definition) is 4. The summed E-state index contributed by atoms with van der Waals surface area (Å²) in [6, 6.07) is 10.3. The van der Waals surface area contributed by atoms with Gasteiger partial charge in [0.2, 0.25) is 5.89 Å². The van der Waals surface area contributed by atoms with Gasteiger partial charge in [-0.15, -0.1) is 0 Å². The van der Waals surface area contributed by atoms with Crippen LogP contribution < -0.4 is 0 Å². The third kappa shape index (κ3) is 4.16. The molecule has 1 heterocycles. The Hall–Kier alpha value is -1.65. The van der Waals surface area contributed by atoms with E-state index in [1.54, 1.807) is 6.92 Å². The summed E-state index contributed by atoms with van der Waals surface area (Å²) in [5, 5.41) is 9.62. The molecule has 0 bridgehead atoms. The van der Waals surface area contributed by atoms with Gasteiger partial charge in [-0.1, -0.05) is 18.2 Å². The van der Waals surface area contributed by atoms with Crippen molar-refractivity contribution in [2.75, 3.05) is 6.54 Å². The Balaban J connectivity index is 2.19. The van der Waals surface area contributed by atoms with Crippen LogP contribution >= 0.6 is 0 Å². The van der Waals surface area contributed by atoms with E-state index in [1.165, 1.54) is 0 Å². The third-order valence-electron chi connectivity index (χ3n) is 3.50. The zero-order chi connectivity index (χ0) is 15.4. The monoisotopic (exact) mass is 288 g/mol. The van der Waals surface area contributed by atoms with Gasteiger partial charge in [0, 0.05) is 24.7 Å². The van der Waals surface area contributed by atoms with Gasteiger partial charge in [0.05, 0.1) is 11.8 Å². The number of aryl methyl sites for hydroxylation is 1. The standard InChI is InChI=1S/C17H24N2O2/c1-12(2)19(10-13(3)20)11-16-14(4)21-17(18-16)15-8-6-5-7-9-15/h5-9,12-13,20H,10-11H2,1-4H3. The van der Waals surface area contributed by atoms with Gasteiger partial charge in [-0.25, -0.2) is 4.98 Å². The van der Waals surface area contributed by atoms with E-state index < -0.39 is 0 Å². The van der Waals surface area contributed by atoms with Crippen LogP contribution in [0.15, 0.2) is 34.7 Å². The fourth-order valence-electron chi connectivity index (χ4n) is 2.27. The van der Waals surface area contributed by atoms with Crippen LogP contribution in [0, 0.1) is 6.92 Å². The summed E-state index contributed by atoms with van der Waals surface area (Å²) in [7, 11) is 0. The molecular weight excluding hydrogens is 264 g/mol. The Morgan fingerprint density at radius 2 is 1.86 bits per heavy atom. The Bertz CT molecular complexity index is 561. The van der Waals surface area contributed by atoms with Crippen molar-refractivity contribution in [1.29, 1.82) is 0 Å². The lowest BCUT2D eigenvalue weighted by molar-refractivity contribution is 0.102. The molecule has 0 aliphatic carbocycles. The van der Waals surface area contributed by atoms with E-state index in [-0.39, 0.29) is 6.10 Å². The quantitative estimate of drug-likeness (QED) is 0.886. The van der Waals surface area contributed by atoms with Crippen LogP contribution in [0.5, 0.6) is 0 Å². The average Bonchev–Trinajstić information content (AvgIpc) is 2.80. The van der Waals surface area contributed by atoms with Crippen molar-refractivity contribution in [1.82, 2.24) is 9.88 Å². The minimum atomic E-state index is -0.354. The lowest BCUT2D eigenvalue weighted by Gasteiger charge is -2.26. The molecule has 1 atom stereocenters. The molecule has 4 nitrogen and oxygen atoms in total. The van der Waals surface area contributed by atoms with Gasteiger partial charge in [0.1, 0.15) is 5.76 Å². The molecule has 0 aliphatic heterocycles. The van der Waals surface area contributed by atoms with E-state index in [9.17, 15) is 5.11 Å². The Labute approximate surface area is 126 Å². The Kier molecular flexibility index (Phi) is 5.15. The van der Waals surface area contributed by atoms with Crippen molar-refractivity contribution in [2.45, 2.75) is 46.4 Å². The molecule has 1 N–H and O–H groups in total. The highest BCUT2D eigenvalue weighted by Crippen LogP contribution is 2.22. The molecule has 1 aromatic heterocycles. The largest absolute Gasteiger partial charge is 0.441 e. The minimum Gasteiger partial charge on any atom is -0.441 e. The van der Waals surface area contributed by atoms with E-state index >= 15 is 0 Å². The molecule has 0 radical (unpaired) electrons. The molecular formula is C17H24N2O2. The first-order valence-corrected chi connectivity index (χ1v) is 7.41. The van der Waals surface area contributed by atoms with Crippen LogP contribution in [0.2, 0.25) is 0 Å². The summed E-state index contributed by atoms with van der Waals surface area (Å²) in [6.45, 7) is 9.30. The molecule has 2 aromatic rings. The first-order valence-electron chi connectivity index (χ1n) is 7.41. The van der Waals surface area contributed by atoms with E-state index in [0.717, 1.165) is 17.0 Å². The van der Waals surface area contributed by atoms with Crippen LogP contribution in [0.1, 0.15) is 32.2 Å². The second-order valence-corrected chi connectivity index (χ2v) is 5.76. The molecule has 114 valence electrons. The number of rotatable bonds is 6. The first-order chi connectivity index (χ1) is 9.97. The molecule has 4 heteroatoms. The molecule has 0 saturated heterocycles. The lowest BCUT2D eigenvalue weighted by Crippen LogP contribution is -2.36. The van der Waals surface area contributed by atoms with Crippen molar-refractivity contribution in [3.63, 3.8) is 0 Å². The zero-order valence-corrected chi connectivity index (χ0v) is 13.2. The molecule has 0 fully saturated rings. The van der Waals surface area contributed by atoms with Crippen LogP contribution in [-0.2, 0) is 6.54 Å². The molecule has 0 spiro atoms. The highest BCUT2D eigenvalue weighted by Gasteiger charge is 2.18. The fraction of sp³-hybridized carbons (Fsp3) is 0.471. The number of oxazole rings is 1. The molecule has 2 rings (SSSR count). The molecule has 0 amide bonds. The maximum atomic E-state index is 9.62. The Morgan fingerprint density at radius 3 is 2.43 bits per heavy atom. The maximum Gasteiger partial charge on any atom is 0.226 e. The van der Waals surface area contributed by atoms with Crippen LogP contribution in [-0.4, -0.2) is 33.7 Å². The summed E-state index contributed by atoms with van der Waals surface area (Å²) >= 11 is 0. The fourth-order valence-corrected chi connectivity index (χ4v) is 2.27. The number of nitrogens with zero attached hydrogens (tertiary/aromatic N) is 2. The van der Waals surface area contributed by atoms with Crippen LogP contribution in [0.25, 0.3) is 11.5 Å². The average molecular weight is 288 g/mol. The number of aromatic nitrogens is 1. The lowest BCUT2D eigenvalue weighted by atomic mass is 10.2. The molecule has 0 saturated carbocycles. The van der Waals surface area contributed by atoms with Crippen molar-refractivity contribution < 1.29 is 9.52 Å². The summed E-state index contributed by atoms with van der Waals surface area (Å²) in [5.74, 6) is 1.49. The van der Waals surface area contributed by atoms with Crippen molar-refractivity contribution in [2.24, 2.45) is 0 Å². The highest BCUT2D eigenvalue weighted by atomic mass is 16.4. The van der Waals surface area contributed by atoms with Gasteiger partial charge in [-0.3, -0.25) is 4.90 Å². The van der Waals surface area contributed by atoms with E-state index in [4.69, 9.17) is 4.42 Å². The second kappa shape index (κ2) is 6.87. The van der Waals surface area contributed by atoms with Gasteiger partial charge in [-0.05, 0) is 39.8 Å². The molecule has 0 aliphatic rings. The number of aliphatic hydroxyl groups is 1. The summed E-state index contributed by atoms with van der Waals surface area (Å²) in [6.07, 6.45) is -0.354. The van der Waals surface area contributed by atoms with Crippen molar-refractivity contribution >= 4 is 0 Å². The topological polar surface area (TPSA) is 49.5 Å². The third-order valence-corrected chi connectivity index (χ3v) is 3.50. The van der Waals surface area contributed by atoms with E-state index in [1.807, 2.05) is 37.3 Å². The van der Waals surface area contributed by atoms with E-state index in [0.29, 0.717) is 25.0 Å². The van der Waals surface area contributed by atoms with Gasteiger partial charge >= 0.3 is 0 Å². The first kappa shape index (κ1) is 15.7. The SMILES string of the molecule is Cc1oc(-c2ccccc2)nc1CN(CC(C)O)C(C)C. The number of aliphatic hydroxyl groups excluding tert-OH is 1. The second-order valence-electron chi connectivity index (χ2n) is 5.76. The molecule has 1 unspecified atom stereocenters. The van der Waals surface area contributed by atoms with E-state index in [2.05, 4.69) is 23.7 Å². The van der Waals surface area contributed by atoms with Crippen molar-refractivity contribution in [3.8, 4) is 11.5 Å². The Morgan fingerprint density at radius 1 is 1.19 bits per heavy atom. The number of benzene rings is 1. The summed E-state index contributed by atoms with van der Waals surface area (Å²) < 4.78 is 5.79. The van der Waals surface area contributed by atoms with Gasteiger partial charge < -0.3 is 9.52 Å². The predicted molar refractivity (Wildman–Crippen MR) is 83.9 cm³/mol. The highest BCUT2D eigenvalue weighted by molar-refractivity contribution is 5.53. The number of hydrogen-bond donors (Lipinski definition) is 1. The predicted octanol–water partition coefficient (Wildman–Crippen LogP) is 3.24. The zero-order valence-electron chi connectivity index (χ0n) is 13.2. The molecule has 1 aromatic carbocycles. The maximum absolute atomic E-state index is 9.62. The van der Waals surface area contributed by atoms with Gasteiger partial charge in [-0.2, -0.15) is 0 Å². The smallest absolute Gasteiger partial charge is 0.226 e. The van der Waals surface area contributed by atoms with Crippen LogP contribution in [0.4, 0.5) is 0 Å². The molecule has 21 heavy (non-hydrogen) atoms. The van der Waals surface area contributed by atoms with Gasteiger partial charge in [0.25, 0.3) is 0 Å². The van der Waals surface area contributed by atoms with Gasteiger partial charge in [0.15, 0.2) is 0 Å². The van der Waals surface area contributed by atoms with Crippen molar-refractivity contribution in [3.05, 3.63) is 41.8 Å². The summed E-state index contributed by atoms with van der Waals surface area (Å²) in [5.41, 5.74) is 1.92.